The number of ether oxygens (including phenoxy) is 1. The van der Waals surface area contributed by atoms with Crippen molar-refractivity contribution in [3.05, 3.63) is 23.8 Å². The van der Waals surface area contributed by atoms with E-state index in [0.29, 0.717) is 5.41 Å². The predicted molar refractivity (Wildman–Crippen MR) is 66.6 cm³/mol. The van der Waals surface area contributed by atoms with Gasteiger partial charge in [0.2, 0.25) is 0 Å². The molecule has 0 saturated carbocycles. The number of aromatic nitrogens is 2. The van der Waals surface area contributed by atoms with Gasteiger partial charge in [-0.15, -0.1) is 0 Å². The van der Waals surface area contributed by atoms with Gasteiger partial charge in [0.15, 0.2) is 0 Å². The van der Waals surface area contributed by atoms with Crippen molar-refractivity contribution in [1.82, 2.24) is 15.3 Å². The fraction of sp³-hybridized carbons (Fsp3) is 0.692. The van der Waals surface area contributed by atoms with Gasteiger partial charge in [-0.25, -0.2) is 9.97 Å². The maximum atomic E-state index is 5.40. The third-order valence-electron chi connectivity index (χ3n) is 3.39. The molecule has 4 heteroatoms. The normalized spacial score (nSPS) is 19.2. The van der Waals surface area contributed by atoms with Gasteiger partial charge in [-0.05, 0) is 31.2 Å². The Bertz CT molecular complexity index is 361. The molecule has 1 aliphatic rings. The van der Waals surface area contributed by atoms with Gasteiger partial charge >= 0.3 is 0 Å². The van der Waals surface area contributed by atoms with Crippen LogP contribution in [0.3, 0.4) is 0 Å². The first kappa shape index (κ1) is 12.5. The first-order chi connectivity index (χ1) is 8.18. The van der Waals surface area contributed by atoms with E-state index in [0.717, 1.165) is 50.7 Å². The lowest BCUT2D eigenvalue weighted by atomic mass is 9.82. The molecule has 1 N–H and O–H groups in total. The molecule has 94 valence electrons. The Labute approximate surface area is 103 Å². The summed E-state index contributed by atoms with van der Waals surface area (Å²) in [5.74, 6) is 0.835. The predicted octanol–water partition coefficient (Wildman–Crippen LogP) is 1.69. The first-order valence-electron chi connectivity index (χ1n) is 6.25. The molecule has 1 aromatic heterocycles. The summed E-state index contributed by atoms with van der Waals surface area (Å²) in [4.78, 5) is 8.48. The van der Waals surface area contributed by atoms with E-state index in [9.17, 15) is 0 Å². The highest BCUT2D eigenvalue weighted by atomic mass is 16.5. The monoisotopic (exact) mass is 235 g/mol. The number of nitrogens with one attached hydrogen (secondary N) is 1. The molecule has 0 aromatic carbocycles. The highest BCUT2D eigenvalue weighted by molar-refractivity contribution is 5.01. The third-order valence-corrected chi connectivity index (χ3v) is 3.39. The minimum Gasteiger partial charge on any atom is -0.381 e. The molecule has 2 heterocycles. The second kappa shape index (κ2) is 5.56. The fourth-order valence-corrected chi connectivity index (χ4v) is 2.14. The van der Waals surface area contributed by atoms with Gasteiger partial charge in [-0.2, -0.15) is 0 Å². The van der Waals surface area contributed by atoms with E-state index in [2.05, 4.69) is 22.2 Å². The van der Waals surface area contributed by atoms with E-state index in [4.69, 9.17) is 4.74 Å². The van der Waals surface area contributed by atoms with Crippen LogP contribution in [0.5, 0.6) is 0 Å². The second-order valence-electron chi connectivity index (χ2n) is 5.12. The minimum atomic E-state index is 0.375. The number of nitrogens with zero attached hydrogens (tertiary/aromatic N) is 2. The van der Waals surface area contributed by atoms with Crippen LogP contribution in [0.4, 0.5) is 0 Å². The van der Waals surface area contributed by atoms with Gasteiger partial charge in [0.1, 0.15) is 5.82 Å². The molecule has 1 saturated heterocycles. The van der Waals surface area contributed by atoms with Crippen LogP contribution in [0.2, 0.25) is 0 Å². The van der Waals surface area contributed by atoms with Crippen molar-refractivity contribution in [3.8, 4) is 0 Å². The summed E-state index contributed by atoms with van der Waals surface area (Å²) < 4.78 is 5.40. The number of aryl methyl sites for hydroxylation is 1. The lowest BCUT2D eigenvalue weighted by Crippen LogP contribution is -2.36. The Morgan fingerprint density at radius 1 is 1.41 bits per heavy atom. The number of hydrogen-bond donors (Lipinski definition) is 1. The SMILES string of the molecule is Cc1nccc(CNCC2(C)CCOCC2)n1. The summed E-state index contributed by atoms with van der Waals surface area (Å²) >= 11 is 0. The topological polar surface area (TPSA) is 47.0 Å². The maximum absolute atomic E-state index is 5.40. The van der Waals surface area contributed by atoms with E-state index >= 15 is 0 Å². The Balaban J connectivity index is 1.79. The average Bonchev–Trinajstić information content (AvgIpc) is 2.30. The smallest absolute Gasteiger partial charge is 0.125 e. The lowest BCUT2D eigenvalue weighted by Gasteiger charge is -2.33. The van der Waals surface area contributed by atoms with E-state index in [-0.39, 0.29) is 0 Å². The lowest BCUT2D eigenvalue weighted by molar-refractivity contribution is 0.0239. The summed E-state index contributed by atoms with van der Waals surface area (Å²) in [7, 11) is 0. The Kier molecular flexibility index (Phi) is 4.07. The minimum absolute atomic E-state index is 0.375. The zero-order valence-corrected chi connectivity index (χ0v) is 10.7. The maximum Gasteiger partial charge on any atom is 0.125 e. The van der Waals surface area contributed by atoms with Crippen LogP contribution in [-0.4, -0.2) is 29.7 Å². The van der Waals surface area contributed by atoms with Gasteiger partial charge in [0.25, 0.3) is 0 Å². The molecule has 0 amide bonds. The Hall–Kier alpha value is -1.00. The number of hydrogen-bond acceptors (Lipinski definition) is 4. The molecule has 0 radical (unpaired) electrons. The molecule has 4 nitrogen and oxygen atoms in total. The molecule has 2 rings (SSSR count). The molecular formula is C13H21N3O. The van der Waals surface area contributed by atoms with Crippen LogP contribution in [-0.2, 0) is 11.3 Å². The quantitative estimate of drug-likeness (QED) is 0.862. The Morgan fingerprint density at radius 3 is 2.88 bits per heavy atom. The average molecular weight is 235 g/mol. The van der Waals surface area contributed by atoms with Crippen LogP contribution in [0.1, 0.15) is 31.3 Å². The Morgan fingerprint density at radius 2 is 2.18 bits per heavy atom. The van der Waals surface area contributed by atoms with Crippen molar-refractivity contribution < 1.29 is 4.74 Å². The molecule has 0 atom stereocenters. The molecule has 1 fully saturated rings. The van der Waals surface area contributed by atoms with Gasteiger partial charge in [0, 0.05) is 32.5 Å². The van der Waals surface area contributed by atoms with E-state index < -0.39 is 0 Å². The van der Waals surface area contributed by atoms with Crippen LogP contribution in [0.25, 0.3) is 0 Å². The van der Waals surface area contributed by atoms with Crippen LogP contribution in [0, 0.1) is 12.3 Å². The standard InChI is InChI=1S/C13H21N3O/c1-11-15-6-3-12(16-11)9-14-10-13(2)4-7-17-8-5-13/h3,6,14H,4-5,7-10H2,1-2H3. The summed E-state index contributed by atoms with van der Waals surface area (Å²) in [6.45, 7) is 7.88. The van der Waals surface area contributed by atoms with Gasteiger partial charge in [-0.1, -0.05) is 6.92 Å². The van der Waals surface area contributed by atoms with Crippen LogP contribution < -0.4 is 5.32 Å². The molecule has 0 aliphatic carbocycles. The molecular weight excluding hydrogens is 214 g/mol. The summed E-state index contributed by atoms with van der Waals surface area (Å²) in [5.41, 5.74) is 1.44. The number of rotatable bonds is 4. The highest BCUT2D eigenvalue weighted by Gasteiger charge is 2.26. The summed E-state index contributed by atoms with van der Waals surface area (Å²) in [6.07, 6.45) is 4.10. The zero-order valence-electron chi connectivity index (χ0n) is 10.7. The van der Waals surface area contributed by atoms with Crippen molar-refractivity contribution in [1.29, 1.82) is 0 Å². The van der Waals surface area contributed by atoms with Gasteiger partial charge in [-0.3, -0.25) is 0 Å². The fourth-order valence-electron chi connectivity index (χ4n) is 2.14. The molecule has 17 heavy (non-hydrogen) atoms. The highest BCUT2D eigenvalue weighted by Crippen LogP contribution is 2.28. The molecule has 0 bridgehead atoms. The first-order valence-corrected chi connectivity index (χ1v) is 6.25. The molecule has 0 spiro atoms. The van der Waals surface area contributed by atoms with Crippen LogP contribution >= 0.6 is 0 Å². The van der Waals surface area contributed by atoms with Crippen molar-refractivity contribution in [2.45, 2.75) is 33.2 Å². The van der Waals surface area contributed by atoms with E-state index in [1.54, 1.807) is 0 Å². The van der Waals surface area contributed by atoms with Crippen molar-refractivity contribution in [2.24, 2.45) is 5.41 Å². The van der Waals surface area contributed by atoms with E-state index in [1.165, 1.54) is 0 Å². The molecule has 0 unspecified atom stereocenters. The van der Waals surface area contributed by atoms with Crippen molar-refractivity contribution in [2.75, 3.05) is 19.8 Å². The largest absolute Gasteiger partial charge is 0.381 e. The molecule has 1 aromatic rings. The third kappa shape index (κ3) is 3.75. The molecule has 1 aliphatic heterocycles. The van der Waals surface area contributed by atoms with Crippen molar-refractivity contribution in [3.63, 3.8) is 0 Å². The zero-order chi connectivity index (χ0) is 12.1. The summed E-state index contributed by atoms with van der Waals surface area (Å²) in [5, 5.41) is 3.49. The second-order valence-corrected chi connectivity index (χ2v) is 5.12. The van der Waals surface area contributed by atoms with E-state index in [1.807, 2.05) is 19.2 Å². The van der Waals surface area contributed by atoms with Crippen molar-refractivity contribution >= 4 is 0 Å². The van der Waals surface area contributed by atoms with Crippen LogP contribution in [0.15, 0.2) is 12.3 Å². The van der Waals surface area contributed by atoms with Gasteiger partial charge < -0.3 is 10.1 Å². The summed E-state index contributed by atoms with van der Waals surface area (Å²) in [6, 6.07) is 1.96. The van der Waals surface area contributed by atoms with Gasteiger partial charge in [0.05, 0.1) is 5.69 Å².